The summed E-state index contributed by atoms with van der Waals surface area (Å²) in [4.78, 5) is 32.4. The lowest BCUT2D eigenvalue weighted by molar-refractivity contribution is -0.115. The predicted octanol–water partition coefficient (Wildman–Crippen LogP) is 3.93. The fraction of sp³-hybridized carbons (Fsp3) is 0.222. The van der Waals surface area contributed by atoms with E-state index in [0.717, 1.165) is 10.6 Å². The number of benzene rings is 1. The van der Waals surface area contributed by atoms with Gasteiger partial charge in [0.15, 0.2) is 10.8 Å². The van der Waals surface area contributed by atoms with Crippen LogP contribution in [0, 0.1) is 6.92 Å². The van der Waals surface area contributed by atoms with E-state index in [2.05, 4.69) is 15.3 Å². The minimum absolute atomic E-state index is 0.149. The number of esters is 1. The Balaban J connectivity index is 1.60. The average Bonchev–Trinajstić information content (AvgIpc) is 3.25. The second kappa shape index (κ2) is 8.20. The van der Waals surface area contributed by atoms with Crippen LogP contribution in [0.2, 0.25) is 0 Å². The van der Waals surface area contributed by atoms with E-state index in [9.17, 15) is 9.59 Å². The number of ether oxygens (including phenoxy) is 1. The normalized spacial score (nSPS) is 10.5. The van der Waals surface area contributed by atoms with Crippen molar-refractivity contribution in [3.63, 3.8) is 0 Å². The molecule has 0 saturated carbocycles. The van der Waals surface area contributed by atoms with Gasteiger partial charge in [-0.15, -0.1) is 22.7 Å². The van der Waals surface area contributed by atoms with E-state index in [1.165, 1.54) is 28.2 Å². The van der Waals surface area contributed by atoms with E-state index in [1.807, 2.05) is 36.6 Å². The Labute approximate surface area is 158 Å². The molecule has 1 amide bonds. The molecule has 0 bridgehead atoms. The van der Waals surface area contributed by atoms with Crippen LogP contribution in [-0.4, -0.2) is 28.5 Å². The lowest BCUT2D eigenvalue weighted by Gasteiger charge is -2.00. The number of rotatable bonds is 6. The van der Waals surface area contributed by atoms with Gasteiger partial charge in [0.1, 0.15) is 5.01 Å². The molecule has 0 saturated heterocycles. The summed E-state index contributed by atoms with van der Waals surface area (Å²) < 4.78 is 4.88. The van der Waals surface area contributed by atoms with Gasteiger partial charge in [0, 0.05) is 16.3 Å². The molecule has 0 fully saturated rings. The molecule has 2 heterocycles. The van der Waals surface area contributed by atoms with Crippen molar-refractivity contribution in [2.75, 3.05) is 11.9 Å². The fourth-order valence-electron chi connectivity index (χ4n) is 2.17. The molecule has 2 aromatic heterocycles. The second-order valence-electron chi connectivity index (χ2n) is 5.49. The summed E-state index contributed by atoms with van der Waals surface area (Å²) in [6.07, 6.45) is 0.149. The number of hydrogen-bond donors (Lipinski definition) is 1. The highest BCUT2D eigenvalue weighted by atomic mass is 32.1. The van der Waals surface area contributed by atoms with Crippen LogP contribution >= 0.6 is 22.7 Å². The summed E-state index contributed by atoms with van der Waals surface area (Å²) in [6.45, 7) is 4.05. The molecule has 0 aliphatic rings. The fourth-order valence-corrected chi connectivity index (χ4v) is 3.70. The van der Waals surface area contributed by atoms with Gasteiger partial charge in [-0.05, 0) is 13.8 Å². The average molecular weight is 387 g/mol. The number of carbonyl (C=O) groups is 2. The molecule has 6 nitrogen and oxygen atoms in total. The summed E-state index contributed by atoms with van der Waals surface area (Å²) >= 11 is 2.69. The summed E-state index contributed by atoms with van der Waals surface area (Å²) in [6, 6.07) is 8.11. The topological polar surface area (TPSA) is 81.2 Å². The highest BCUT2D eigenvalue weighted by Gasteiger charge is 2.14. The van der Waals surface area contributed by atoms with Crippen molar-refractivity contribution in [2.24, 2.45) is 0 Å². The third-order valence-corrected chi connectivity index (χ3v) is 5.12. The number of aryl methyl sites for hydroxylation is 1. The Hall–Kier alpha value is -2.58. The molecule has 0 unspecified atom stereocenters. The highest BCUT2D eigenvalue weighted by molar-refractivity contribution is 7.14. The first-order valence-corrected chi connectivity index (χ1v) is 9.75. The number of hydrogen-bond acceptors (Lipinski definition) is 7. The van der Waals surface area contributed by atoms with Crippen molar-refractivity contribution in [1.29, 1.82) is 0 Å². The van der Waals surface area contributed by atoms with Crippen molar-refractivity contribution in [1.82, 2.24) is 9.97 Å². The predicted molar refractivity (Wildman–Crippen MR) is 103 cm³/mol. The van der Waals surface area contributed by atoms with Crippen LogP contribution < -0.4 is 5.32 Å². The Morgan fingerprint density at radius 2 is 1.88 bits per heavy atom. The van der Waals surface area contributed by atoms with E-state index in [1.54, 1.807) is 12.3 Å². The first kappa shape index (κ1) is 18.2. The molecule has 134 valence electrons. The van der Waals surface area contributed by atoms with Crippen LogP contribution in [0.25, 0.3) is 10.6 Å². The van der Waals surface area contributed by atoms with E-state index >= 15 is 0 Å². The standard InChI is InChI=1S/C18H17N3O3S2/c1-3-24-17(23)14-10-26-18(20-14)21-15(22)8-13-9-25-16(19-13)12-6-4-11(2)5-7-12/h4-7,9-10H,3,8H2,1-2H3,(H,20,21,22). The van der Waals surface area contributed by atoms with Gasteiger partial charge in [0.2, 0.25) is 5.91 Å². The van der Waals surface area contributed by atoms with Gasteiger partial charge in [0.05, 0.1) is 18.7 Å². The van der Waals surface area contributed by atoms with Crippen LogP contribution in [0.4, 0.5) is 5.13 Å². The third kappa shape index (κ3) is 4.53. The summed E-state index contributed by atoms with van der Waals surface area (Å²) in [7, 11) is 0. The Kier molecular flexibility index (Phi) is 5.75. The van der Waals surface area contributed by atoms with Crippen molar-refractivity contribution in [2.45, 2.75) is 20.3 Å². The number of nitrogens with zero attached hydrogens (tertiary/aromatic N) is 2. The van der Waals surface area contributed by atoms with Gasteiger partial charge in [0.25, 0.3) is 0 Å². The van der Waals surface area contributed by atoms with Gasteiger partial charge in [-0.25, -0.2) is 14.8 Å². The molecule has 0 radical (unpaired) electrons. The van der Waals surface area contributed by atoms with E-state index < -0.39 is 5.97 Å². The number of carbonyl (C=O) groups excluding carboxylic acids is 2. The molecular formula is C18H17N3O3S2. The van der Waals surface area contributed by atoms with Crippen molar-refractivity contribution < 1.29 is 14.3 Å². The number of amides is 1. The van der Waals surface area contributed by atoms with E-state index in [-0.39, 0.29) is 24.6 Å². The number of thiazole rings is 2. The lowest BCUT2D eigenvalue weighted by atomic mass is 10.2. The Morgan fingerprint density at radius 3 is 2.62 bits per heavy atom. The van der Waals surface area contributed by atoms with Crippen LogP contribution in [0.1, 0.15) is 28.7 Å². The summed E-state index contributed by atoms with van der Waals surface area (Å²) in [5.74, 6) is -0.720. The van der Waals surface area contributed by atoms with Gasteiger partial charge < -0.3 is 10.1 Å². The molecule has 8 heteroatoms. The summed E-state index contributed by atoms with van der Waals surface area (Å²) in [5.41, 5.74) is 3.12. The van der Waals surface area contributed by atoms with Crippen molar-refractivity contribution in [3.05, 3.63) is 52.0 Å². The maximum Gasteiger partial charge on any atom is 0.357 e. The van der Waals surface area contributed by atoms with Gasteiger partial charge in [-0.3, -0.25) is 4.79 Å². The second-order valence-corrected chi connectivity index (χ2v) is 7.21. The molecule has 0 aliphatic carbocycles. The van der Waals surface area contributed by atoms with Crippen LogP contribution in [0.3, 0.4) is 0 Å². The molecule has 0 aliphatic heterocycles. The van der Waals surface area contributed by atoms with Gasteiger partial charge in [-0.2, -0.15) is 0 Å². The molecule has 0 atom stereocenters. The van der Waals surface area contributed by atoms with Crippen molar-refractivity contribution >= 4 is 39.7 Å². The highest BCUT2D eigenvalue weighted by Crippen LogP contribution is 2.24. The number of aromatic nitrogens is 2. The van der Waals surface area contributed by atoms with Crippen LogP contribution in [0.5, 0.6) is 0 Å². The Morgan fingerprint density at radius 1 is 1.12 bits per heavy atom. The third-order valence-electron chi connectivity index (χ3n) is 3.43. The first-order chi connectivity index (χ1) is 12.5. The zero-order chi connectivity index (χ0) is 18.5. The van der Waals surface area contributed by atoms with E-state index in [4.69, 9.17) is 4.74 Å². The molecule has 3 aromatic rings. The maximum atomic E-state index is 12.2. The zero-order valence-electron chi connectivity index (χ0n) is 14.3. The molecular weight excluding hydrogens is 370 g/mol. The molecule has 1 N–H and O–H groups in total. The van der Waals surface area contributed by atoms with Crippen LogP contribution in [-0.2, 0) is 16.0 Å². The maximum absolute atomic E-state index is 12.2. The largest absolute Gasteiger partial charge is 0.461 e. The summed E-state index contributed by atoms with van der Waals surface area (Å²) in [5, 5.41) is 7.38. The lowest BCUT2D eigenvalue weighted by Crippen LogP contribution is -2.15. The smallest absolute Gasteiger partial charge is 0.357 e. The molecule has 1 aromatic carbocycles. The number of anilines is 1. The quantitative estimate of drug-likeness (QED) is 0.648. The SMILES string of the molecule is CCOC(=O)c1csc(NC(=O)Cc2csc(-c3ccc(C)cc3)n2)n1. The monoisotopic (exact) mass is 387 g/mol. The number of nitrogens with one attached hydrogen (secondary N) is 1. The van der Waals surface area contributed by atoms with Gasteiger partial charge in [-0.1, -0.05) is 29.8 Å². The zero-order valence-corrected chi connectivity index (χ0v) is 15.9. The first-order valence-electron chi connectivity index (χ1n) is 7.99. The van der Waals surface area contributed by atoms with Crippen molar-refractivity contribution in [3.8, 4) is 10.6 Å². The van der Waals surface area contributed by atoms with Crippen LogP contribution in [0.15, 0.2) is 35.0 Å². The minimum Gasteiger partial charge on any atom is -0.461 e. The van der Waals surface area contributed by atoms with E-state index in [0.29, 0.717) is 10.8 Å². The molecule has 3 rings (SSSR count). The van der Waals surface area contributed by atoms with Gasteiger partial charge >= 0.3 is 5.97 Å². The molecule has 0 spiro atoms. The molecule has 26 heavy (non-hydrogen) atoms. The minimum atomic E-state index is -0.494. The Bertz CT molecular complexity index is 916.